The fourth-order valence-electron chi connectivity index (χ4n) is 2.70. The van der Waals surface area contributed by atoms with Gasteiger partial charge in [0, 0.05) is 6.54 Å². The van der Waals surface area contributed by atoms with E-state index in [0.717, 1.165) is 25.7 Å². The van der Waals surface area contributed by atoms with Crippen LogP contribution in [0, 0.1) is 11.8 Å². The van der Waals surface area contributed by atoms with Gasteiger partial charge in [0.15, 0.2) is 0 Å². The van der Waals surface area contributed by atoms with Crippen molar-refractivity contribution < 1.29 is 15.0 Å². The fraction of sp³-hybridized carbons (Fsp3) is 0.923. The third-order valence-corrected chi connectivity index (χ3v) is 3.65. The van der Waals surface area contributed by atoms with Crippen LogP contribution in [0.3, 0.4) is 0 Å². The SMILES string of the molecule is CC1CCCC(O)(CNC(C(=O)O)C(C)C)C1. The highest BCUT2D eigenvalue weighted by Crippen LogP contribution is 2.31. The zero-order chi connectivity index (χ0) is 13.1. The van der Waals surface area contributed by atoms with Gasteiger partial charge in [-0.2, -0.15) is 0 Å². The molecule has 4 heteroatoms. The highest BCUT2D eigenvalue weighted by Gasteiger charge is 2.34. The highest BCUT2D eigenvalue weighted by atomic mass is 16.4. The first-order valence-electron chi connectivity index (χ1n) is 6.52. The lowest BCUT2D eigenvalue weighted by atomic mass is 9.78. The molecule has 0 spiro atoms. The molecule has 3 atom stereocenters. The number of carboxylic acid groups (broad SMARTS) is 1. The molecule has 0 aromatic carbocycles. The molecule has 100 valence electrons. The van der Waals surface area contributed by atoms with Crippen LogP contribution in [-0.4, -0.2) is 34.4 Å². The Morgan fingerprint density at radius 1 is 1.53 bits per heavy atom. The van der Waals surface area contributed by atoms with E-state index in [1.807, 2.05) is 13.8 Å². The maximum absolute atomic E-state index is 11.0. The van der Waals surface area contributed by atoms with Gasteiger partial charge in [0.1, 0.15) is 6.04 Å². The van der Waals surface area contributed by atoms with E-state index in [1.54, 1.807) is 0 Å². The quantitative estimate of drug-likeness (QED) is 0.686. The van der Waals surface area contributed by atoms with Gasteiger partial charge in [0.05, 0.1) is 5.60 Å². The molecule has 1 saturated carbocycles. The van der Waals surface area contributed by atoms with Crippen molar-refractivity contribution in [1.82, 2.24) is 5.32 Å². The van der Waals surface area contributed by atoms with Gasteiger partial charge in [0.2, 0.25) is 0 Å². The molecule has 4 nitrogen and oxygen atoms in total. The van der Waals surface area contributed by atoms with Crippen LogP contribution in [0.4, 0.5) is 0 Å². The van der Waals surface area contributed by atoms with Gasteiger partial charge in [-0.1, -0.05) is 33.6 Å². The highest BCUT2D eigenvalue weighted by molar-refractivity contribution is 5.73. The molecule has 0 aromatic heterocycles. The molecular weight excluding hydrogens is 218 g/mol. The Labute approximate surface area is 103 Å². The summed E-state index contributed by atoms with van der Waals surface area (Å²) in [6.07, 6.45) is 3.73. The Kier molecular flexibility index (Phi) is 4.95. The number of rotatable bonds is 5. The van der Waals surface area contributed by atoms with Crippen molar-refractivity contribution in [2.24, 2.45) is 11.8 Å². The minimum absolute atomic E-state index is 0.0251. The number of carboxylic acids is 1. The summed E-state index contributed by atoms with van der Waals surface area (Å²) in [5.74, 6) is -0.289. The molecule has 0 amide bonds. The lowest BCUT2D eigenvalue weighted by Crippen LogP contribution is -2.50. The summed E-state index contributed by atoms with van der Waals surface area (Å²) < 4.78 is 0. The van der Waals surface area contributed by atoms with Gasteiger partial charge in [-0.15, -0.1) is 0 Å². The van der Waals surface area contributed by atoms with Crippen molar-refractivity contribution in [2.45, 2.75) is 58.1 Å². The molecule has 0 aromatic rings. The minimum Gasteiger partial charge on any atom is -0.480 e. The Hall–Kier alpha value is -0.610. The molecule has 0 heterocycles. The Morgan fingerprint density at radius 2 is 2.18 bits per heavy atom. The zero-order valence-electron chi connectivity index (χ0n) is 11.1. The van der Waals surface area contributed by atoms with E-state index < -0.39 is 17.6 Å². The summed E-state index contributed by atoms with van der Waals surface area (Å²) in [5.41, 5.74) is -0.722. The fourth-order valence-corrected chi connectivity index (χ4v) is 2.70. The standard InChI is InChI=1S/C13H25NO3/c1-9(2)11(12(15)16)14-8-13(17)6-4-5-10(3)7-13/h9-11,14,17H,4-8H2,1-3H3,(H,15,16). The topological polar surface area (TPSA) is 69.6 Å². The van der Waals surface area contributed by atoms with Crippen LogP contribution in [0.5, 0.6) is 0 Å². The molecule has 0 aliphatic heterocycles. The zero-order valence-corrected chi connectivity index (χ0v) is 11.1. The first kappa shape index (κ1) is 14.5. The van der Waals surface area contributed by atoms with Gasteiger partial charge in [0.25, 0.3) is 0 Å². The first-order valence-corrected chi connectivity index (χ1v) is 6.52. The predicted molar refractivity (Wildman–Crippen MR) is 66.8 cm³/mol. The third kappa shape index (κ3) is 4.28. The normalized spacial score (nSPS) is 31.5. The van der Waals surface area contributed by atoms with Gasteiger partial charge in [-0.05, 0) is 24.7 Å². The van der Waals surface area contributed by atoms with Crippen LogP contribution in [0.1, 0.15) is 46.5 Å². The summed E-state index contributed by atoms with van der Waals surface area (Å²) in [6.45, 7) is 6.27. The van der Waals surface area contributed by atoms with E-state index in [-0.39, 0.29) is 5.92 Å². The smallest absolute Gasteiger partial charge is 0.320 e. The van der Waals surface area contributed by atoms with Crippen LogP contribution in [-0.2, 0) is 4.79 Å². The number of aliphatic carboxylic acids is 1. The molecule has 0 saturated heterocycles. The van der Waals surface area contributed by atoms with E-state index in [9.17, 15) is 9.90 Å². The second-order valence-electron chi connectivity index (χ2n) is 5.87. The van der Waals surface area contributed by atoms with Crippen molar-refractivity contribution in [2.75, 3.05) is 6.54 Å². The van der Waals surface area contributed by atoms with Crippen molar-refractivity contribution in [3.63, 3.8) is 0 Å². The Morgan fingerprint density at radius 3 is 2.65 bits per heavy atom. The first-order chi connectivity index (χ1) is 7.84. The van der Waals surface area contributed by atoms with Gasteiger partial charge < -0.3 is 15.5 Å². The summed E-state index contributed by atoms with van der Waals surface area (Å²) in [4.78, 5) is 11.0. The van der Waals surface area contributed by atoms with Crippen molar-refractivity contribution in [3.05, 3.63) is 0 Å². The molecular formula is C13H25NO3. The number of carbonyl (C=O) groups is 1. The summed E-state index contributed by atoms with van der Waals surface area (Å²) in [5, 5.41) is 22.5. The van der Waals surface area contributed by atoms with Crippen LogP contribution in [0.2, 0.25) is 0 Å². The van der Waals surface area contributed by atoms with Crippen LogP contribution in [0.15, 0.2) is 0 Å². The maximum atomic E-state index is 11.0. The van der Waals surface area contributed by atoms with Crippen LogP contribution in [0.25, 0.3) is 0 Å². The van der Waals surface area contributed by atoms with Crippen LogP contribution < -0.4 is 5.32 Å². The van der Waals surface area contributed by atoms with E-state index in [1.165, 1.54) is 0 Å². The van der Waals surface area contributed by atoms with Crippen molar-refractivity contribution in [1.29, 1.82) is 0 Å². The Balaban J connectivity index is 2.50. The average Bonchev–Trinajstić information content (AvgIpc) is 2.15. The van der Waals surface area contributed by atoms with Gasteiger partial charge in [-0.3, -0.25) is 4.79 Å². The van der Waals surface area contributed by atoms with Crippen molar-refractivity contribution >= 4 is 5.97 Å². The average molecular weight is 243 g/mol. The molecule has 0 bridgehead atoms. The molecule has 1 aliphatic rings. The summed E-state index contributed by atoms with van der Waals surface area (Å²) >= 11 is 0. The number of hydrogen-bond acceptors (Lipinski definition) is 3. The second kappa shape index (κ2) is 5.83. The predicted octanol–water partition coefficient (Wildman–Crippen LogP) is 1.63. The number of nitrogens with one attached hydrogen (secondary N) is 1. The molecule has 1 fully saturated rings. The Bertz CT molecular complexity index is 267. The minimum atomic E-state index is -0.840. The molecule has 1 aliphatic carbocycles. The summed E-state index contributed by atoms with van der Waals surface area (Å²) in [7, 11) is 0. The van der Waals surface area contributed by atoms with Gasteiger partial charge in [-0.25, -0.2) is 0 Å². The van der Waals surface area contributed by atoms with Crippen LogP contribution >= 0.6 is 0 Å². The van der Waals surface area contributed by atoms with E-state index in [0.29, 0.717) is 12.5 Å². The molecule has 3 N–H and O–H groups in total. The number of aliphatic hydroxyl groups is 1. The largest absolute Gasteiger partial charge is 0.480 e. The van der Waals surface area contributed by atoms with E-state index >= 15 is 0 Å². The summed E-state index contributed by atoms with van der Waals surface area (Å²) in [6, 6.07) is -0.573. The van der Waals surface area contributed by atoms with E-state index in [2.05, 4.69) is 12.2 Å². The molecule has 17 heavy (non-hydrogen) atoms. The van der Waals surface area contributed by atoms with E-state index in [4.69, 9.17) is 5.11 Å². The van der Waals surface area contributed by atoms with Gasteiger partial charge >= 0.3 is 5.97 Å². The molecule has 1 rings (SSSR count). The maximum Gasteiger partial charge on any atom is 0.320 e. The van der Waals surface area contributed by atoms with Crippen molar-refractivity contribution in [3.8, 4) is 0 Å². The molecule has 0 radical (unpaired) electrons. The molecule has 3 unspecified atom stereocenters. The monoisotopic (exact) mass is 243 g/mol. The lowest BCUT2D eigenvalue weighted by molar-refractivity contribution is -0.141. The lowest BCUT2D eigenvalue weighted by Gasteiger charge is -2.36. The third-order valence-electron chi connectivity index (χ3n) is 3.65. The second-order valence-corrected chi connectivity index (χ2v) is 5.87. The number of hydrogen-bond donors (Lipinski definition) is 3.